The summed E-state index contributed by atoms with van der Waals surface area (Å²) in [5.41, 5.74) is 2.36. The van der Waals surface area contributed by atoms with Crippen molar-refractivity contribution in [1.29, 1.82) is 0 Å². The first-order valence-electron chi connectivity index (χ1n) is 10.3. The molecule has 1 heterocycles. The first kappa shape index (κ1) is 23.5. The summed E-state index contributed by atoms with van der Waals surface area (Å²) >= 11 is 6.91. The number of hydrogen-bond acceptors (Lipinski definition) is 7. The van der Waals surface area contributed by atoms with Crippen LogP contribution < -0.4 is 4.74 Å². The summed E-state index contributed by atoms with van der Waals surface area (Å²) in [6, 6.07) is 19.2. The first-order valence-corrected chi connectivity index (χ1v) is 11.5. The summed E-state index contributed by atoms with van der Waals surface area (Å²) in [6.07, 6.45) is 1.47. The van der Waals surface area contributed by atoms with Gasteiger partial charge in [-0.3, -0.25) is 14.5 Å². The summed E-state index contributed by atoms with van der Waals surface area (Å²) in [6.45, 7) is 2.25. The van der Waals surface area contributed by atoms with Gasteiger partial charge in [0.1, 0.15) is 23.8 Å². The fourth-order valence-corrected chi connectivity index (χ4v) is 4.19. The Morgan fingerprint density at radius 1 is 1.06 bits per heavy atom. The highest BCUT2D eigenvalue weighted by Gasteiger charge is 2.35. The zero-order valence-electron chi connectivity index (χ0n) is 18.1. The fraction of sp³-hybridized carbons (Fsp3) is 0.120. The van der Waals surface area contributed by atoms with E-state index in [4.69, 9.17) is 16.3 Å². The van der Waals surface area contributed by atoms with Crippen molar-refractivity contribution >= 4 is 52.0 Å². The molecule has 0 spiro atoms. The zero-order chi connectivity index (χ0) is 24.1. The molecule has 7 nitrogen and oxygen atoms in total. The SMILES string of the molecule is Cc1cccc(OCCN2C(=O)S/C(=C\c3cc(N=Nc4ccccc4Cl)ccc3O)C2=O)c1. The van der Waals surface area contributed by atoms with Gasteiger partial charge in [-0.1, -0.05) is 35.9 Å². The molecule has 0 aromatic heterocycles. The number of imide groups is 1. The van der Waals surface area contributed by atoms with Gasteiger partial charge in [0.2, 0.25) is 0 Å². The van der Waals surface area contributed by atoms with Crippen LogP contribution in [0, 0.1) is 6.92 Å². The minimum Gasteiger partial charge on any atom is -0.507 e. The minimum absolute atomic E-state index is 0.0497. The molecule has 1 saturated heterocycles. The van der Waals surface area contributed by atoms with Gasteiger partial charge in [0, 0.05) is 5.56 Å². The highest BCUT2D eigenvalue weighted by atomic mass is 35.5. The zero-order valence-corrected chi connectivity index (χ0v) is 19.7. The van der Waals surface area contributed by atoms with E-state index in [0.717, 1.165) is 22.2 Å². The molecular formula is C25H20ClN3O4S. The van der Waals surface area contributed by atoms with Gasteiger partial charge in [-0.2, -0.15) is 5.11 Å². The molecule has 3 aromatic carbocycles. The predicted molar refractivity (Wildman–Crippen MR) is 133 cm³/mol. The van der Waals surface area contributed by atoms with E-state index in [0.29, 0.717) is 27.7 Å². The number of aromatic hydroxyl groups is 1. The molecule has 1 fully saturated rings. The summed E-state index contributed by atoms with van der Waals surface area (Å²) < 4.78 is 5.66. The van der Waals surface area contributed by atoms with Crippen LogP contribution in [0.1, 0.15) is 11.1 Å². The number of nitrogens with zero attached hydrogens (tertiary/aromatic N) is 3. The highest BCUT2D eigenvalue weighted by molar-refractivity contribution is 8.18. The van der Waals surface area contributed by atoms with Gasteiger partial charge in [-0.05, 0) is 72.8 Å². The predicted octanol–water partition coefficient (Wildman–Crippen LogP) is 6.88. The number of thioether (sulfide) groups is 1. The molecule has 172 valence electrons. The van der Waals surface area contributed by atoms with Crippen molar-refractivity contribution in [1.82, 2.24) is 4.90 Å². The lowest BCUT2D eigenvalue weighted by atomic mass is 10.1. The Bertz CT molecular complexity index is 1310. The van der Waals surface area contributed by atoms with Crippen molar-refractivity contribution in [3.8, 4) is 11.5 Å². The average Bonchev–Trinajstić information content (AvgIpc) is 3.08. The van der Waals surface area contributed by atoms with Gasteiger partial charge in [-0.15, -0.1) is 5.11 Å². The van der Waals surface area contributed by atoms with Crippen LogP contribution in [0.3, 0.4) is 0 Å². The minimum atomic E-state index is -0.440. The Balaban J connectivity index is 1.46. The molecule has 3 aromatic rings. The van der Waals surface area contributed by atoms with Crippen LogP contribution in [-0.4, -0.2) is 34.3 Å². The number of carbonyl (C=O) groups is 2. The molecule has 1 aliphatic rings. The molecular weight excluding hydrogens is 474 g/mol. The number of ether oxygens (including phenoxy) is 1. The lowest BCUT2D eigenvalue weighted by Crippen LogP contribution is -2.32. The lowest BCUT2D eigenvalue weighted by molar-refractivity contribution is -0.123. The quantitative estimate of drug-likeness (QED) is 0.286. The van der Waals surface area contributed by atoms with Gasteiger partial charge in [0.15, 0.2) is 0 Å². The number of azo groups is 1. The largest absolute Gasteiger partial charge is 0.507 e. The van der Waals surface area contributed by atoms with Gasteiger partial charge in [0.25, 0.3) is 11.1 Å². The van der Waals surface area contributed by atoms with Crippen LogP contribution >= 0.6 is 23.4 Å². The third-order valence-electron chi connectivity index (χ3n) is 4.87. The number of amides is 2. The van der Waals surface area contributed by atoms with Crippen molar-refractivity contribution in [2.45, 2.75) is 6.92 Å². The van der Waals surface area contributed by atoms with Gasteiger partial charge in [0.05, 0.1) is 22.2 Å². The molecule has 0 saturated carbocycles. The number of phenolic OH excluding ortho intramolecular Hbond substituents is 1. The molecule has 0 aliphatic carbocycles. The second-order valence-corrected chi connectivity index (χ2v) is 8.79. The molecule has 0 atom stereocenters. The summed E-state index contributed by atoms with van der Waals surface area (Å²) in [5.74, 6) is 0.187. The monoisotopic (exact) mass is 493 g/mol. The number of benzene rings is 3. The summed E-state index contributed by atoms with van der Waals surface area (Å²) in [5, 5.41) is 18.6. The van der Waals surface area contributed by atoms with Crippen molar-refractivity contribution in [3.05, 3.63) is 87.8 Å². The molecule has 2 amide bonds. The van der Waals surface area contributed by atoms with Crippen molar-refractivity contribution in [3.63, 3.8) is 0 Å². The second kappa shape index (κ2) is 10.5. The smallest absolute Gasteiger partial charge is 0.293 e. The van der Waals surface area contributed by atoms with Crippen LogP contribution in [-0.2, 0) is 4.79 Å². The van der Waals surface area contributed by atoms with Crippen molar-refractivity contribution in [2.75, 3.05) is 13.2 Å². The van der Waals surface area contributed by atoms with E-state index in [-0.39, 0.29) is 23.8 Å². The van der Waals surface area contributed by atoms with Crippen molar-refractivity contribution < 1.29 is 19.4 Å². The Kier molecular flexibility index (Phi) is 7.30. The summed E-state index contributed by atoms with van der Waals surface area (Å²) in [7, 11) is 0. The van der Waals surface area contributed by atoms with Crippen molar-refractivity contribution in [2.24, 2.45) is 10.2 Å². The first-order chi connectivity index (χ1) is 16.4. The molecule has 0 bridgehead atoms. The Hall–Kier alpha value is -3.62. The number of aryl methyl sites for hydroxylation is 1. The third-order valence-corrected chi connectivity index (χ3v) is 6.10. The van der Waals surface area contributed by atoms with Crippen LogP contribution in [0.2, 0.25) is 5.02 Å². The average molecular weight is 494 g/mol. The van der Waals surface area contributed by atoms with Crippen LogP contribution in [0.5, 0.6) is 11.5 Å². The fourth-order valence-electron chi connectivity index (χ4n) is 3.16. The van der Waals surface area contributed by atoms with E-state index in [2.05, 4.69) is 10.2 Å². The molecule has 34 heavy (non-hydrogen) atoms. The van der Waals surface area contributed by atoms with Crippen LogP contribution in [0.25, 0.3) is 6.08 Å². The number of rotatable bonds is 7. The Morgan fingerprint density at radius 3 is 2.68 bits per heavy atom. The number of carbonyl (C=O) groups excluding carboxylic acids is 2. The lowest BCUT2D eigenvalue weighted by Gasteiger charge is -2.13. The van der Waals surface area contributed by atoms with E-state index in [1.807, 2.05) is 31.2 Å². The highest BCUT2D eigenvalue weighted by Crippen LogP contribution is 2.35. The van der Waals surface area contributed by atoms with E-state index in [9.17, 15) is 14.7 Å². The van der Waals surface area contributed by atoms with Crippen LogP contribution in [0.4, 0.5) is 16.2 Å². The number of halogens is 1. The summed E-state index contributed by atoms with van der Waals surface area (Å²) in [4.78, 5) is 26.5. The molecule has 1 aliphatic heterocycles. The molecule has 0 radical (unpaired) electrons. The molecule has 4 rings (SSSR count). The number of hydrogen-bond donors (Lipinski definition) is 1. The van der Waals surface area contributed by atoms with Gasteiger partial charge < -0.3 is 9.84 Å². The Morgan fingerprint density at radius 2 is 1.88 bits per heavy atom. The van der Waals surface area contributed by atoms with Gasteiger partial charge >= 0.3 is 0 Å². The molecule has 1 N–H and O–H groups in total. The van der Waals surface area contributed by atoms with E-state index in [1.54, 1.807) is 36.4 Å². The normalized spacial score (nSPS) is 15.0. The van der Waals surface area contributed by atoms with Crippen LogP contribution in [0.15, 0.2) is 81.9 Å². The van der Waals surface area contributed by atoms with E-state index >= 15 is 0 Å². The van der Waals surface area contributed by atoms with E-state index < -0.39 is 11.1 Å². The topological polar surface area (TPSA) is 91.6 Å². The maximum absolute atomic E-state index is 12.8. The standard InChI is InChI=1S/C25H20ClN3O4S/c1-16-5-4-6-19(13-16)33-12-11-29-24(31)23(34-25(29)32)15-17-14-18(9-10-22(17)30)27-28-21-8-3-2-7-20(21)26/h2-10,13-15,30H,11-12H2,1H3/b23-15-,28-27?. The van der Waals surface area contributed by atoms with E-state index in [1.165, 1.54) is 12.1 Å². The second-order valence-electron chi connectivity index (χ2n) is 7.39. The van der Waals surface area contributed by atoms with Gasteiger partial charge in [-0.25, -0.2) is 0 Å². The third kappa shape index (κ3) is 5.65. The maximum Gasteiger partial charge on any atom is 0.293 e. The Labute approximate surface area is 205 Å². The molecule has 9 heteroatoms. The maximum atomic E-state index is 12.8. The number of phenols is 1. The molecule has 0 unspecified atom stereocenters.